The van der Waals surface area contributed by atoms with Gasteiger partial charge in [-0.1, -0.05) is 31.3 Å². The molecule has 0 saturated carbocycles. The van der Waals surface area contributed by atoms with E-state index in [1.807, 2.05) is 29.9 Å². The van der Waals surface area contributed by atoms with Gasteiger partial charge in [-0.25, -0.2) is 0 Å². The first-order valence-electron chi connectivity index (χ1n) is 4.95. The number of carbonyl (C=O) groups is 1. The number of hydrogen-bond acceptors (Lipinski definition) is 3. The molecule has 15 heavy (non-hydrogen) atoms. The first kappa shape index (κ1) is 11.7. The number of hydrazone groups is 1. The number of hydrogen-bond donors (Lipinski definition) is 0. The molecule has 0 aliphatic heterocycles. The van der Waals surface area contributed by atoms with Crippen LogP contribution in [-0.2, 0) is 0 Å². The Labute approximate surface area is 92.1 Å². The van der Waals surface area contributed by atoms with Gasteiger partial charge in [-0.3, -0.25) is 4.79 Å². The molecule has 0 unspecified atom stereocenters. The van der Waals surface area contributed by atoms with Gasteiger partial charge < -0.3 is 4.67 Å². The van der Waals surface area contributed by atoms with Crippen LogP contribution in [0.15, 0.2) is 29.4 Å². The van der Waals surface area contributed by atoms with Gasteiger partial charge in [0.05, 0.1) is 6.21 Å². The fraction of sp³-hybridized carbons (Fsp3) is 0.273. The summed E-state index contributed by atoms with van der Waals surface area (Å²) in [6.45, 7) is 4.42. The Kier molecular flexibility index (Phi) is 4.24. The Balaban J connectivity index is 2.75. The molecule has 0 saturated heterocycles. The molecule has 4 heteroatoms. The summed E-state index contributed by atoms with van der Waals surface area (Å²) in [5.74, 6) is 0. The maximum absolute atomic E-state index is 10.6. The third-order valence-electron chi connectivity index (χ3n) is 2.18. The van der Waals surface area contributed by atoms with Gasteiger partial charge in [-0.15, -0.1) is 0 Å². The normalized spacial score (nSPS) is 10.9. The molecule has 1 aromatic carbocycles. The topological polar surface area (TPSA) is 32.7 Å². The second kappa shape index (κ2) is 5.46. The summed E-state index contributed by atoms with van der Waals surface area (Å²) in [6, 6.07) is 7.40. The molecule has 0 N–H and O–H groups in total. The third-order valence-corrected chi connectivity index (χ3v) is 3.81. The van der Waals surface area contributed by atoms with Crippen molar-refractivity contribution in [2.75, 3.05) is 7.05 Å². The Morgan fingerprint density at radius 1 is 1.33 bits per heavy atom. The highest BCUT2D eigenvalue weighted by molar-refractivity contribution is 6.52. The van der Waals surface area contributed by atoms with Crippen LogP contribution in [0.3, 0.4) is 0 Å². The molecule has 0 amide bonds. The molecule has 0 heterocycles. The van der Waals surface area contributed by atoms with Crippen LogP contribution in [0.1, 0.15) is 15.9 Å². The van der Waals surface area contributed by atoms with Crippen LogP contribution in [0, 0.1) is 0 Å². The number of aldehydes is 1. The lowest BCUT2D eigenvalue weighted by molar-refractivity contribution is 0.112. The van der Waals surface area contributed by atoms with Crippen LogP contribution < -0.4 is 0 Å². The van der Waals surface area contributed by atoms with Crippen molar-refractivity contribution in [1.82, 2.24) is 4.67 Å². The minimum Gasteiger partial charge on any atom is -0.331 e. The van der Waals surface area contributed by atoms with E-state index in [0.717, 1.165) is 11.8 Å². The second-order valence-corrected chi connectivity index (χ2v) is 6.63. The molecular weight excluding hydrogens is 204 g/mol. The van der Waals surface area contributed by atoms with E-state index in [0.29, 0.717) is 5.56 Å². The number of carbonyl (C=O) groups excluding carboxylic acids is 1. The summed E-state index contributed by atoms with van der Waals surface area (Å²) in [5.41, 5.74) is 1.64. The average Bonchev–Trinajstić information content (AvgIpc) is 2.26. The van der Waals surface area contributed by atoms with E-state index in [1.54, 1.807) is 12.3 Å². The van der Waals surface area contributed by atoms with Gasteiger partial charge in [0.2, 0.25) is 0 Å². The van der Waals surface area contributed by atoms with Gasteiger partial charge in [0.25, 0.3) is 0 Å². The lowest BCUT2D eigenvalue weighted by Crippen LogP contribution is -2.24. The number of nitrogens with zero attached hydrogens (tertiary/aromatic N) is 2. The van der Waals surface area contributed by atoms with Crippen LogP contribution in [0.2, 0.25) is 13.1 Å². The van der Waals surface area contributed by atoms with Gasteiger partial charge in [-0.05, 0) is 11.6 Å². The van der Waals surface area contributed by atoms with Crippen LogP contribution in [0.5, 0.6) is 0 Å². The average molecular weight is 220 g/mol. The summed E-state index contributed by atoms with van der Waals surface area (Å²) < 4.78 is 2.01. The maximum atomic E-state index is 10.6. The fourth-order valence-corrected chi connectivity index (χ4v) is 1.34. The Morgan fingerprint density at radius 2 is 2.00 bits per heavy atom. The predicted octanol–water partition coefficient (Wildman–Crippen LogP) is 1.75. The van der Waals surface area contributed by atoms with Crippen molar-refractivity contribution in [2.45, 2.75) is 13.1 Å². The molecule has 0 aromatic heterocycles. The molecule has 0 aliphatic carbocycles. The SMILES string of the molecule is CN(N=Cc1cccc(C=O)c1)[SiH](C)C. The van der Waals surface area contributed by atoms with E-state index >= 15 is 0 Å². The third kappa shape index (κ3) is 3.67. The van der Waals surface area contributed by atoms with Crippen LogP contribution in [0.4, 0.5) is 0 Å². The van der Waals surface area contributed by atoms with Crippen molar-refractivity contribution >= 4 is 21.5 Å². The zero-order valence-electron chi connectivity index (χ0n) is 9.34. The summed E-state index contributed by atoms with van der Waals surface area (Å²) in [7, 11) is 1.12. The summed E-state index contributed by atoms with van der Waals surface area (Å²) >= 11 is 0. The first-order valence-corrected chi connectivity index (χ1v) is 7.78. The lowest BCUT2D eigenvalue weighted by Gasteiger charge is -2.15. The zero-order chi connectivity index (χ0) is 11.3. The van der Waals surface area contributed by atoms with Crippen LogP contribution in [0.25, 0.3) is 0 Å². The van der Waals surface area contributed by atoms with E-state index in [2.05, 4.69) is 18.2 Å². The van der Waals surface area contributed by atoms with E-state index < -0.39 is 8.96 Å². The summed E-state index contributed by atoms with van der Waals surface area (Å²) in [5, 5.41) is 4.32. The van der Waals surface area contributed by atoms with Crippen molar-refractivity contribution < 1.29 is 4.79 Å². The smallest absolute Gasteiger partial charge is 0.156 e. The molecule has 1 aromatic rings. The van der Waals surface area contributed by atoms with Crippen LogP contribution >= 0.6 is 0 Å². The molecule has 3 nitrogen and oxygen atoms in total. The van der Waals surface area contributed by atoms with Crippen molar-refractivity contribution in [1.29, 1.82) is 0 Å². The maximum Gasteiger partial charge on any atom is 0.156 e. The molecule has 0 radical (unpaired) electrons. The summed E-state index contributed by atoms with van der Waals surface area (Å²) in [6.07, 6.45) is 2.64. The minimum absolute atomic E-state index is 0.684. The van der Waals surface area contributed by atoms with E-state index in [-0.39, 0.29) is 0 Å². The fourth-order valence-electron chi connectivity index (χ4n) is 1.00. The van der Waals surface area contributed by atoms with E-state index in [1.165, 1.54) is 0 Å². The molecule has 0 bridgehead atoms. The van der Waals surface area contributed by atoms with Crippen molar-refractivity contribution in [2.24, 2.45) is 5.10 Å². The highest BCUT2D eigenvalue weighted by Crippen LogP contribution is 2.01. The number of rotatable bonds is 4. The van der Waals surface area contributed by atoms with Crippen LogP contribution in [-0.4, -0.2) is 33.2 Å². The standard InChI is InChI=1S/C11H16N2OSi/c1-13(15(2)3)12-8-10-5-4-6-11(7-10)9-14/h4-9,15H,1-3H3. The largest absolute Gasteiger partial charge is 0.331 e. The Morgan fingerprint density at radius 3 is 2.60 bits per heavy atom. The van der Waals surface area contributed by atoms with Gasteiger partial charge >= 0.3 is 0 Å². The molecule has 80 valence electrons. The predicted molar refractivity (Wildman–Crippen MR) is 66.1 cm³/mol. The Hall–Kier alpha value is -1.42. The van der Waals surface area contributed by atoms with Crippen molar-refractivity contribution in [3.63, 3.8) is 0 Å². The molecule has 0 fully saturated rings. The highest BCUT2D eigenvalue weighted by atomic mass is 28.3. The first-order chi connectivity index (χ1) is 7.13. The van der Waals surface area contributed by atoms with Gasteiger partial charge in [0.1, 0.15) is 6.29 Å². The molecule has 0 spiro atoms. The van der Waals surface area contributed by atoms with E-state index in [9.17, 15) is 4.79 Å². The Bertz CT molecular complexity index is 363. The second-order valence-electron chi connectivity index (χ2n) is 3.70. The number of benzene rings is 1. The quantitative estimate of drug-likeness (QED) is 0.335. The van der Waals surface area contributed by atoms with Crippen molar-refractivity contribution in [3.8, 4) is 0 Å². The van der Waals surface area contributed by atoms with Gasteiger partial charge in [0.15, 0.2) is 8.96 Å². The highest BCUT2D eigenvalue weighted by Gasteiger charge is 1.99. The molecular formula is C11H16N2OSi. The minimum atomic E-state index is -0.860. The van der Waals surface area contributed by atoms with Gasteiger partial charge in [-0.2, -0.15) is 5.10 Å². The molecule has 0 atom stereocenters. The van der Waals surface area contributed by atoms with Gasteiger partial charge in [0, 0.05) is 12.6 Å². The zero-order valence-corrected chi connectivity index (χ0v) is 10.5. The summed E-state index contributed by atoms with van der Waals surface area (Å²) in [4.78, 5) is 10.6. The molecule has 0 aliphatic rings. The molecule has 1 rings (SSSR count). The lowest BCUT2D eigenvalue weighted by atomic mass is 10.1. The van der Waals surface area contributed by atoms with Crippen molar-refractivity contribution in [3.05, 3.63) is 35.4 Å². The monoisotopic (exact) mass is 220 g/mol. The van der Waals surface area contributed by atoms with E-state index in [4.69, 9.17) is 0 Å².